The van der Waals surface area contributed by atoms with Gasteiger partial charge in [-0.2, -0.15) is 15.1 Å². The minimum absolute atomic E-state index is 0.0951. The Balaban J connectivity index is 3.10. The van der Waals surface area contributed by atoms with Crippen molar-refractivity contribution < 1.29 is 8.42 Å². The van der Waals surface area contributed by atoms with Gasteiger partial charge in [0, 0.05) is 0 Å². The summed E-state index contributed by atoms with van der Waals surface area (Å²) in [6.45, 7) is 6.80. The lowest BCUT2D eigenvalue weighted by Crippen LogP contribution is -2.37. The Kier molecular flexibility index (Phi) is 3.91. The molecule has 0 aliphatic rings. The normalized spacial score (nSPS) is 13.6. The van der Waals surface area contributed by atoms with Gasteiger partial charge >= 0.3 is 0 Å². The van der Waals surface area contributed by atoms with Gasteiger partial charge < -0.3 is 0 Å². The molecule has 0 bridgehead atoms. The van der Waals surface area contributed by atoms with E-state index in [0.717, 1.165) is 0 Å². The molecule has 1 rings (SSSR count). The van der Waals surface area contributed by atoms with Gasteiger partial charge in [-0.3, -0.25) is 5.10 Å². The molecule has 6 nitrogen and oxygen atoms in total. The third-order valence-corrected chi connectivity index (χ3v) is 4.12. The molecule has 0 saturated carbocycles. The Morgan fingerprint density at radius 2 is 2.00 bits per heavy atom. The first-order valence-corrected chi connectivity index (χ1v) is 6.71. The van der Waals surface area contributed by atoms with Crippen molar-refractivity contribution >= 4 is 10.0 Å². The van der Waals surface area contributed by atoms with Gasteiger partial charge in [0.25, 0.3) is 0 Å². The fourth-order valence-electron chi connectivity index (χ4n) is 1.47. The number of aromatic nitrogens is 2. The van der Waals surface area contributed by atoms with E-state index < -0.39 is 16.1 Å². The first-order chi connectivity index (χ1) is 7.79. The van der Waals surface area contributed by atoms with Crippen LogP contribution in [0.3, 0.4) is 0 Å². The van der Waals surface area contributed by atoms with Gasteiger partial charge in [0.2, 0.25) is 10.0 Å². The predicted octanol–water partition coefficient (Wildman–Crippen LogP) is 0.853. The predicted molar refractivity (Wildman–Crippen MR) is 62.6 cm³/mol. The SMILES string of the molecule is Cc1n[nH]c(C)c1S(=O)(=O)NC(C#N)C(C)C. The van der Waals surface area contributed by atoms with Crippen LogP contribution in [-0.4, -0.2) is 24.7 Å². The molecule has 1 unspecified atom stereocenters. The Bertz CT molecular complexity index is 520. The molecule has 1 aromatic rings. The maximum absolute atomic E-state index is 12.1. The van der Waals surface area contributed by atoms with E-state index in [-0.39, 0.29) is 10.8 Å². The summed E-state index contributed by atoms with van der Waals surface area (Å²) in [6.07, 6.45) is 0. The average Bonchev–Trinajstić information content (AvgIpc) is 2.55. The molecule has 94 valence electrons. The van der Waals surface area contributed by atoms with Crippen LogP contribution in [0.25, 0.3) is 0 Å². The summed E-state index contributed by atoms with van der Waals surface area (Å²) >= 11 is 0. The van der Waals surface area contributed by atoms with Crippen molar-refractivity contribution in [3.63, 3.8) is 0 Å². The van der Waals surface area contributed by atoms with E-state index in [1.165, 1.54) is 0 Å². The van der Waals surface area contributed by atoms with Crippen LogP contribution >= 0.6 is 0 Å². The number of hydrogen-bond donors (Lipinski definition) is 2. The summed E-state index contributed by atoms with van der Waals surface area (Å²) in [5.74, 6) is -0.0951. The molecule has 0 radical (unpaired) electrons. The maximum atomic E-state index is 12.1. The molecule has 1 heterocycles. The molecule has 0 saturated heterocycles. The summed E-state index contributed by atoms with van der Waals surface area (Å²) < 4.78 is 26.6. The van der Waals surface area contributed by atoms with E-state index in [1.54, 1.807) is 27.7 Å². The van der Waals surface area contributed by atoms with Gasteiger partial charge in [-0.1, -0.05) is 13.8 Å². The highest BCUT2D eigenvalue weighted by molar-refractivity contribution is 7.89. The van der Waals surface area contributed by atoms with Crippen molar-refractivity contribution in [2.75, 3.05) is 0 Å². The Labute approximate surface area is 101 Å². The van der Waals surface area contributed by atoms with Crippen molar-refractivity contribution in [3.8, 4) is 6.07 Å². The lowest BCUT2D eigenvalue weighted by Gasteiger charge is -2.15. The zero-order valence-electron chi connectivity index (χ0n) is 10.3. The van der Waals surface area contributed by atoms with E-state index in [9.17, 15) is 8.42 Å². The topological polar surface area (TPSA) is 98.6 Å². The molecule has 0 fully saturated rings. The first kappa shape index (κ1) is 13.7. The van der Waals surface area contributed by atoms with Crippen LogP contribution in [-0.2, 0) is 10.0 Å². The number of nitrogens with zero attached hydrogens (tertiary/aromatic N) is 2. The van der Waals surface area contributed by atoms with E-state index in [1.807, 2.05) is 6.07 Å². The molecular weight excluding hydrogens is 240 g/mol. The first-order valence-electron chi connectivity index (χ1n) is 5.23. The fraction of sp³-hybridized carbons (Fsp3) is 0.600. The van der Waals surface area contributed by atoms with Crippen LogP contribution < -0.4 is 4.72 Å². The van der Waals surface area contributed by atoms with Crippen molar-refractivity contribution in [2.45, 2.75) is 38.6 Å². The zero-order valence-corrected chi connectivity index (χ0v) is 11.1. The largest absolute Gasteiger partial charge is 0.281 e. The van der Waals surface area contributed by atoms with Gasteiger partial charge in [-0.05, 0) is 19.8 Å². The zero-order chi connectivity index (χ0) is 13.2. The van der Waals surface area contributed by atoms with Crippen molar-refractivity contribution in [1.29, 1.82) is 5.26 Å². The molecule has 1 aromatic heterocycles. The molecule has 0 spiro atoms. The van der Waals surface area contributed by atoms with Gasteiger partial charge in [0.1, 0.15) is 10.9 Å². The molecule has 0 amide bonds. The molecule has 17 heavy (non-hydrogen) atoms. The quantitative estimate of drug-likeness (QED) is 0.834. The van der Waals surface area contributed by atoms with E-state index >= 15 is 0 Å². The van der Waals surface area contributed by atoms with Crippen LogP contribution in [0.2, 0.25) is 0 Å². The van der Waals surface area contributed by atoms with Gasteiger partial charge in [-0.15, -0.1) is 0 Å². The highest BCUT2D eigenvalue weighted by Gasteiger charge is 2.26. The number of aryl methyl sites for hydroxylation is 2. The molecule has 0 aliphatic heterocycles. The average molecular weight is 256 g/mol. The van der Waals surface area contributed by atoms with Gasteiger partial charge in [-0.25, -0.2) is 8.42 Å². The monoisotopic (exact) mass is 256 g/mol. The number of nitrogens with one attached hydrogen (secondary N) is 2. The standard InChI is InChI=1S/C10H16N4O2S/c1-6(2)9(5-11)14-17(15,16)10-7(3)12-13-8(10)4/h6,9,14H,1-4H3,(H,12,13). The van der Waals surface area contributed by atoms with Crippen molar-refractivity contribution in [2.24, 2.45) is 5.92 Å². The second-order valence-corrected chi connectivity index (χ2v) is 5.89. The van der Waals surface area contributed by atoms with Crippen LogP contribution in [0.5, 0.6) is 0 Å². The number of rotatable bonds is 4. The summed E-state index contributed by atoms with van der Waals surface area (Å²) in [7, 11) is -3.70. The summed E-state index contributed by atoms with van der Waals surface area (Å²) in [5, 5.41) is 15.3. The van der Waals surface area contributed by atoms with Gasteiger partial charge in [0.05, 0.1) is 17.5 Å². The summed E-state index contributed by atoms with van der Waals surface area (Å²) in [5.41, 5.74) is 0.867. The Morgan fingerprint density at radius 3 is 2.35 bits per heavy atom. The number of hydrogen-bond acceptors (Lipinski definition) is 4. The second-order valence-electron chi connectivity index (χ2n) is 4.24. The fourth-order valence-corrected chi connectivity index (χ4v) is 3.13. The highest BCUT2D eigenvalue weighted by Crippen LogP contribution is 2.17. The molecular formula is C10H16N4O2S. The summed E-state index contributed by atoms with van der Waals surface area (Å²) in [6, 6.07) is 1.20. The third-order valence-electron chi connectivity index (χ3n) is 2.42. The number of H-pyrrole nitrogens is 1. The number of aromatic amines is 1. The molecule has 0 aliphatic carbocycles. The molecule has 1 atom stereocenters. The van der Waals surface area contributed by atoms with Crippen LogP contribution in [0.1, 0.15) is 25.2 Å². The van der Waals surface area contributed by atoms with Crippen LogP contribution in [0.4, 0.5) is 0 Å². The molecule has 0 aromatic carbocycles. The highest BCUT2D eigenvalue weighted by atomic mass is 32.2. The van der Waals surface area contributed by atoms with Gasteiger partial charge in [0.15, 0.2) is 0 Å². The van der Waals surface area contributed by atoms with E-state index in [4.69, 9.17) is 5.26 Å². The van der Waals surface area contributed by atoms with Crippen molar-refractivity contribution in [3.05, 3.63) is 11.4 Å². The lowest BCUT2D eigenvalue weighted by atomic mass is 10.1. The van der Waals surface area contributed by atoms with Crippen LogP contribution in [0.15, 0.2) is 4.90 Å². The molecule has 7 heteroatoms. The van der Waals surface area contributed by atoms with E-state index in [0.29, 0.717) is 11.4 Å². The van der Waals surface area contributed by atoms with Crippen molar-refractivity contribution in [1.82, 2.24) is 14.9 Å². The van der Waals surface area contributed by atoms with Crippen LogP contribution in [0, 0.1) is 31.1 Å². The Hall–Kier alpha value is -1.39. The third kappa shape index (κ3) is 2.84. The lowest BCUT2D eigenvalue weighted by molar-refractivity contribution is 0.514. The Morgan fingerprint density at radius 1 is 1.41 bits per heavy atom. The van der Waals surface area contributed by atoms with E-state index in [2.05, 4.69) is 14.9 Å². The minimum atomic E-state index is -3.70. The second kappa shape index (κ2) is 4.85. The minimum Gasteiger partial charge on any atom is -0.281 e. The number of sulfonamides is 1. The number of nitriles is 1. The maximum Gasteiger partial charge on any atom is 0.245 e. The smallest absolute Gasteiger partial charge is 0.245 e. The molecule has 2 N–H and O–H groups in total. The summed E-state index contributed by atoms with van der Waals surface area (Å²) in [4.78, 5) is 0.124.